The number of anilines is 1. The van der Waals surface area contributed by atoms with E-state index in [1.165, 1.54) is 0 Å². The second-order valence-corrected chi connectivity index (χ2v) is 4.10. The lowest BCUT2D eigenvalue weighted by Crippen LogP contribution is -1.91. The van der Waals surface area contributed by atoms with E-state index in [1.807, 2.05) is 24.4 Å². The van der Waals surface area contributed by atoms with Crippen LogP contribution in [0.25, 0.3) is 10.4 Å². The van der Waals surface area contributed by atoms with Crippen LogP contribution in [0, 0.1) is 6.92 Å². The maximum atomic E-state index is 9.74. The van der Waals surface area contributed by atoms with Crippen LogP contribution in [0.2, 0.25) is 0 Å². The van der Waals surface area contributed by atoms with E-state index in [4.69, 9.17) is 5.73 Å². The summed E-state index contributed by atoms with van der Waals surface area (Å²) in [7, 11) is 0. The van der Waals surface area contributed by atoms with E-state index in [9.17, 15) is 5.11 Å². The first kappa shape index (κ1) is 9.09. The predicted octanol–water partition coefficient (Wildman–Crippen LogP) is 3.01. The van der Waals surface area contributed by atoms with Gasteiger partial charge in [0.15, 0.2) is 0 Å². The van der Waals surface area contributed by atoms with Crippen LogP contribution in [0.3, 0.4) is 0 Å². The average molecular weight is 205 g/mol. The van der Waals surface area contributed by atoms with Gasteiger partial charge in [0.05, 0.1) is 0 Å². The highest BCUT2D eigenvalue weighted by Gasteiger charge is 2.10. The van der Waals surface area contributed by atoms with Crippen LogP contribution in [0.1, 0.15) is 5.56 Å². The Morgan fingerprint density at radius 1 is 1.29 bits per heavy atom. The van der Waals surface area contributed by atoms with Crippen molar-refractivity contribution in [3.05, 3.63) is 35.2 Å². The van der Waals surface area contributed by atoms with Gasteiger partial charge in [0, 0.05) is 16.1 Å². The van der Waals surface area contributed by atoms with E-state index in [1.54, 1.807) is 23.5 Å². The van der Waals surface area contributed by atoms with Crippen LogP contribution in [0.4, 0.5) is 5.69 Å². The molecule has 0 bridgehead atoms. The molecule has 0 aliphatic heterocycles. The molecule has 14 heavy (non-hydrogen) atoms. The highest BCUT2D eigenvalue weighted by molar-refractivity contribution is 7.13. The molecule has 2 aromatic rings. The van der Waals surface area contributed by atoms with Gasteiger partial charge in [-0.1, -0.05) is 6.07 Å². The Balaban J connectivity index is 2.69. The number of aromatic hydroxyl groups is 1. The zero-order chi connectivity index (χ0) is 10.1. The van der Waals surface area contributed by atoms with Crippen molar-refractivity contribution in [2.75, 3.05) is 5.73 Å². The highest BCUT2D eigenvalue weighted by Crippen LogP contribution is 2.37. The van der Waals surface area contributed by atoms with Gasteiger partial charge in [-0.2, -0.15) is 0 Å². The summed E-state index contributed by atoms with van der Waals surface area (Å²) in [6.45, 7) is 1.92. The quantitative estimate of drug-likeness (QED) is 0.555. The molecule has 0 fully saturated rings. The van der Waals surface area contributed by atoms with Crippen molar-refractivity contribution in [2.24, 2.45) is 0 Å². The van der Waals surface area contributed by atoms with E-state index in [0.29, 0.717) is 11.4 Å². The maximum Gasteiger partial charge on any atom is 0.124 e. The molecule has 0 unspecified atom stereocenters. The number of rotatable bonds is 1. The molecular weight excluding hydrogens is 194 g/mol. The Bertz CT molecular complexity index is 449. The second-order valence-electron chi connectivity index (χ2n) is 3.15. The largest absolute Gasteiger partial charge is 0.507 e. The first-order chi connectivity index (χ1) is 6.70. The van der Waals surface area contributed by atoms with Gasteiger partial charge in [0.25, 0.3) is 0 Å². The normalized spacial score (nSPS) is 10.4. The molecule has 1 aromatic carbocycles. The number of hydrogen-bond acceptors (Lipinski definition) is 3. The third kappa shape index (κ3) is 1.36. The van der Waals surface area contributed by atoms with Gasteiger partial charge in [0.2, 0.25) is 0 Å². The molecule has 1 aromatic heterocycles. The standard InChI is InChI=1S/C11H11NOS/c1-7-8(12)4-5-9(13)11(7)10-3-2-6-14-10/h2-6,13H,12H2,1H3. The van der Waals surface area contributed by atoms with Crippen LogP contribution in [0.15, 0.2) is 29.6 Å². The smallest absolute Gasteiger partial charge is 0.124 e. The number of nitrogen functional groups attached to an aromatic ring is 1. The molecule has 0 radical (unpaired) electrons. The molecule has 3 N–H and O–H groups in total. The van der Waals surface area contributed by atoms with Gasteiger partial charge < -0.3 is 10.8 Å². The molecule has 2 rings (SSSR count). The molecule has 2 nitrogen and oxygen atoms in total. The average Bonchev–Trinajstić information content (AvgIpc) is 2.65. The number of benzene rings is 1. The van der Waals surface area contributed by atoms with Gasteiger partial charge in [-0.15, -0.1) is 11.3 Å². The Labute approximate surface area is 86.6 Å². The molecule has 0 spiro atoms. The summed E-state index contributed by atoms with van der Waals surface area (Å²) in [4.78, 5) is 1.05. The third-order valence-electron chi connectivity index (χ3n) is 2.25. The van der Waals surface area contributed by atoms with E-state index in [-0.39, 0.29) is 0 Å². The van der Waals surface area contributed by atoms with Crippen molar-refractivity contribution < 1.29 is 5.11 Å². The molecule has 0 saturated carbocycles. The lowest BCUT2D eigenvalue weighted by molar-refractivity contribution is 0.477. The monoisotopic (exact) mass is 205 g/mol. The van der Waals surface area contributed by atoms with E-state index in [2.05, 4.69) is 0 Å². The zero-order valence-corrected chi connectivity index (χ0v) is 8.64. The predicted molar refractivity (Wildman–Crippen MR) is 60.6 cm³/mol. The number of hydrogen-bond donors (Lipinski definition) is 2. The van der Waals surface area contributed by atoms with Crippen LogP contribution in [0.5, 0.6) is 5.75 Å². The van der Waals surface area contributed by atoms with Crippen molar-refractivity contribution in [1.82, 2.24) is 0 Å². The molecule has 0 aliphatic rings. The fourth-order valence-electron chi connectivity index (χ4n) is 1.45. The van der Waals surface area contributed by atoms with E-state index < -0.39 is 0 Å². The second kappa shape index (κ2) is 3.35. The number of phenols is 1. The summed E-state index contributed by atoms with van der Waals surface area (Å²) in [5, 5.41) is 11.7. The SMILES string of the molecule is Cc1c(N)ccc(O)c1-c1cccs1. The van der Waals surface area contributed by atoms with Crippen molar-refractivity contribution in [3.8, 4) is 16.2 Å². The number of thiophene rings is 1. The number of phenolic OH excluding ortho intramolecular Hbond substituents is 1. The molecule has 0 amide bonds. The van der Waals surface area contributed by atoms with Gasteiger partial charge in [-0.3, -0.25) is 0 Å². The molecule has 3 heteroatoms. The Morgan fingerprint density at radius 3 is 2.71 bits per heavy atom. The molecule has 0 saturated heterocycles. The Kier molecular flexibility index (Phi) is 2.17. The van der Waals surface area contributed by atoms with Crippen molar-refractivity contribution in [2.45, 2.75) is 6.92 Å². The fraction of sp³-hybridized carbons (Fsp3) is 0.0909. The summed E-state index contributed by atoms with van der Waals surface area (Å²) in [5.74, 6) is 0.291. The summed E-state index contributed by atoms with van der Waals surface area (Å²) < 4.78 is 0. The van der Waals surface area contributed by atoms with Crippen LogP contribution >= 0.6 is 11.3 Å². The fourth-order valence-corrected chi connectivity index (χ4v) is 2.28. The van der Waals surface area contributed by atoms with Crippen LogP contribution in [-0.2, 0) is 0 Å². The summed E-state index contributed by atoms with van der Waals surface area (Å²) in [5.41, 5.74) is 8.29. The molecular formula is C11H11NOS. The van der Waals surface area contributed by atoms with E-state index in [0.717, 1.165) is 16.0 Å². The molecule has 0 atom stereocenters. The molecule has 1 heterocycles. The van der Waals surface area contributed by atoms with Crippen LogP contribution in [-0.4, -0.2) is 5.11 Å². The summed E-state index contributed by atoms with van der Waals surface area (Å²) in [6.07, 6.45) is 0. The third-order valence-corrected chi connectivity index (χ3v) is 3.14. The van der Waals surface area contributed by atoms with Crippen molar-refractivity contribution >= 4 is 17.0 Å². The molecule has 0 aliphatic carbocycles. The topological polar surface area (TPSA) is 46.2 Å². The van der Waals surface area contributed by atoms with Crippen molar-refractivity contribution in [1.29, 1.82) is 0 Å². The first-order valence-corrected chi connectivity index (χ1v) is 5.20. The Hall–Kier alpha value is -1.48. The van der Waals surface area contributed by atoms with Gasteiger partial charge in [-0.05, 0) is 36.1 Å². The van der Waals surface area contributed by atoms with Gasteiger partial charge >= 0.3 is 0 Å². The van der Waals surface area contributed by atoms with Gasteiger partial charge in [0.1, 0.15) is 5.75 Å². The lowest BCUT2D eigenvalue weighted by Gasteiger charge is -2.08. The van der Waals surface area contributed by atoms with E-state index >= 15 is 0 Å². The Morgan fingerprint density at radius 2 is 2.07 bits per heavy atom. The minimum atomic E-state index is 0.291. The number of nitrogens with two attached hydrogens (primary N) is 1. The molecule has 72 valence electrons. The lowest BCUT2D eigenvalue weighted by atomic mass is 10.0. The van der Waals surface area contributed by atoms with Crippen LogP contribution < -0.4 is 5.73 Å². The van der Waals surface area contributed by atoms with Crippen molar-refractivity contribution in [3.63, 3.8) is 0 Å². The maximum absolute atomic E-state index is 9.74. The highest BCUT2D eigenvalue weighted by atomic mass is 32.1. The summed E-state index contributed by atoms with van der Waals surface area (Å²) in [6, 6.07) is 7.30. The minimum Gasteiger partial charge on any atom is -0.507 e. The minimum absolute atomic E-state index is 0.291. The zero-order valence-electron chi connectivity index (χ0n) is 7.82. The summed E-state index contributed by atoms with van der Waals surface area (Å²) >= 11 is 1.60. The van der Waals surface area contributed by atoms with Gasteiger partial charge in [-0.25, -0.2) is 0 Å². The first-order valence-electron chi connectivity index (χ1n) is 4.32.